The van der Waals surface area contributed by atoms with Crippen LogP contribution < -0.4 is 10.1 Å². The number of hydrogen-bond donors (Lipinski definition) is 1. The van der Waals surface area contributed by atoms with Crippen molar-refractivity contribution in [2.24, 2.45) is 0 Å². The number of furan rings is 1. The fraction of sp³-hybridized carbons (Fsp3) is 0.261. The van der Waals surface area contributed by atoms with Gasteiger partial charge in [-0.1, -0.05) is 24.3 Å². The Hall–Kier alpha value is -3.12. The van der Waals surface area contributed by atoms with Crippen LogP contribution in [0.5, 0.6) is 5.75 Å². The molecule has 5 nitrogen and oxygen atoms in total. The Kier molecular flexibility index (Phi) is 7.03. The van der Waals surface area contributed by atoms with Crippen molar-refractivity contribution in [3.63, 3.8) is 0 Å². The first-order chi connectivity index (χ1) is 14.0. The first-order valence-corrected chi connectivity index (χ1v) is 9.44. The van der Waals surface area contributed by atoms with E-state index in [-0.39, 0.29) is 30.2 Å². The Morgan fingerprint density at radius 3 is 2.55 bits per heavy atom. The number of carbonyl (C=O) groups excluding carboxylic acids is 1. The maximum Gasteiger partial charge on any atom is 0.287 e. The summed E-state index contributed by atoms with van der Waals surface area (Å²) in [5, 5.41) is 2.84. The minimum Gasteiger partial charge on any atom is -0.486 e. The lowest BCUT2D eigenvalue weighted by atomic mass is 10.1. The quantitative estimate of drug-likeness (QED) is 0.561. The predicted octanol–water partition coefficient (Wildman–Crippen LogP) is 4.85. The molecule has 0 aliphatic carbocycles. The zero-order chi connectivity index (χ0) is 20.6. The van der Waals surface area contributed by atoms with Crippen molar-refractivity contribution in [2.75, 3.05) is 0 Å². The number of amides is 1. The first kappa shape index (κ1) is 20.6. The summed E-state index contributed by atoms with van der Waals surface area (Å²) in [5.74, 6) is 0.610. The molecule has 0 radical (unpaired) electrons. The van der Waals surface area contributed by atoms with E-state index in [1.54, 1.807) is 12.1 Å². The Morgan fingerprint density at radius 1 is 1.03 bits per heavy atom. The molecule has 6 heteroatoms. The fourth-order valence-electron chi connectivity index (χ4n) is 2.62. The third-order valence-corrected chi connectivity index (χ3v) is 4.11. The molecule has 1 heterocycles. The predicted molar refractivity (Wildman–Crippen MR) is 107 cm³/mol. The van der Waals surface area contributed by atoms with E-state index in [4.69, 9.17) is 13.9 Å². The standard InChI is InChI=1S/C23H24FNO4/c1-16(2)27-14-18-5-3-4-17(12-18)13-25-23(26)22-11-10-21(29-22)15-28-20-8-6-19(24)7-9-20/h3-12,16H,13-15H2,1-2H3,(H,25,26). The Morgan fingerprint density at radius 2 is 1.79 bits per heavy atom. The third kappa shape index (κ3) is 6.47. The molecule has 0 aliphatic heterocycles. The molecule has 0 bridgehead atoms. The molecule has 152 valence electrons. The number of hydrogen-bond acceptors (Lipinski definition) is 4. The van der Waals surface area contributed by atoms with Crippen molar-refractivity contribution in [1.29, 1.82) is 0 Å². The van der Waals surface area contributed by atoms with Crippen LogP contribution in [0.25, 0.3) is 0 Å². The molecule has 0 unspecified atom stereocenters. The SMILES string of the molecule is CC(C)OCc1cccc(CNC(=O)c2ccc(COc3ccc(F)cc3)o2)c1. The van der Waals surface area contributed by atoms with E-state index in [0.29, 0.717) is 24.7 Å². The molecule has 0 aliphatic rings. The lowest BCUT2D eigenvalue weighted by Gasteiger charge is -2.09. The molecular weight excluding hydrogens is 373 g/mol. The summed E-state index contributed by atoms with van der Waals surface area (Å²) in [6.45, 7) is 5.06. The van der Waals surface area contributed by atoms with Gasteiger partial charge in [-0.2, -0.15) is 0 Å². The number of benzene rings is 2. The van der Waals surface area contributed by atoms with Crippen LogP contribution >= 0.6 is 0 Å². The van der Waals surface area contributed by atoms with Gasteiger partial charge in [-0.15, -0.1) is 0 Å². The molecule has 0 atom stereocenters. The maximum absolute atomic E-state index is 12.9. The van der Waals surface area contributed by atoms with Crippen molar-refractivity contribution in [2.45, 2.75) is 39.7 Å². The average Bonchev–Trinajstić information content (AvgIpc) is 3.19. The monoisotopic (exact) mass is 397 g/mol. The zero-order valence-corrected chi connectivity index (χ0v) is 16.5. The Bertz CT molecular complexity index is 934. The normalized spacial score (nSPS) is 10.9. The summed E-state index contributed by atoms with van der Waals surface area (Å²) >= 11 is 0. The fourth-order valence-corrected chi connectivity index (χ4v) is 2.62. The van der Waals surface area contributed by atoms with E-state index in [2.05, 4.69) is 5.32 Å². The van der Waals surface area contributed by atoms with Gasteiger partial charge in [0.05, 0.1) is 12.7 Å². The maximum atomic E-state index is 12.9. The minimum atomic E-state index is -0.327. The number of carbonyl (C=O) groups is 1. The van der Waals surface area contributed by atoms with Gasteiger partial charge in [0, 0.05) is 6.54 Å². The molecule has 3 aromatic rings. The Balaban J connectivity index is 1.50. The molecule has 1 amide bonds. The van der Waals surface area contributed by atoms with Crippen molar-refractivity contribution < 1.29 is 23.1 Å². The van der Waals surface area contributed by atoms with Gasteiger partial charge in [0.25, 0.3) is 5.91 Å². The molecule has 2 aromatic carbocycles. The zero-order valence-electron chi connectivity index (χ0n) is 16.5. The highest BCUT2D eigenvalue weighted by atomic mass is 19.1. The number of nitrogens with one attached hydrogen (secondary N) is 1. The summed E-state index contributed by atoms with van der Waals surface area (Å²) in [6, 6.07) is 16.9. The van der Waals surface area contributed by atoms with Crippen molar-refractivity contribution in [1.82, 2.24) is 5.32 Å². The van der Waals surface area contributed by atoms with E-state index >= 15 is 0 Å². The highest BCUT2D eigenvalue weighted by Crippen LogP contribution is 2.15. The minimum absolute atomic E-state index is 0.150. The van der Waals surface area contributed by atoms with E-state index in [1.807, 2.05) is 38.1 Å². The summed E-state index contributed by atoms with van der Waals surface area (Å²) in [6.07, 6.45) is 0.165. The summed E-state index contributed by atoms with van der Waals surface area (Å²) in [5.41, 5.74) is 2.04. The van der Waals surface area contributed by atoms with Gasteiger partial charge in [-0.3, -0.25) is 4.79 Å². The van der Waals surface area contributed by atoms with Crippen LogP contribution in [-0.2, 0) is 24.5 Å². The van der Waals surface area contributed by atoms with Gasteiger partial charge >= 0.3 is 0 Å². The molecule has 0 spiro atoms. The van der Waals surface area contributed by atoms with Gasteiger partial charge in [0.1, 0.15) is 23.9 Å². The molecule has 1 aromatic heterocycles. The molecule has 3 rings (SSSR count). The highest BCUT2D eigenvalue weighted by Gasteiger charge is 2.11. The van der Waals surface area contributed by atoms with E-state index < -0.39 is 0 Å². The molecular formula is C23H24FNO4. The second-order valence-corrected chi connectivity index (χ2v) is 6.87. The van der Waals surface area contributed by atoms with E-state index in [1.165, 1.54) is 24.3 Å². The van der Waals surface area contributed by atoms with Crippen LogP contribution in [0, 0.1) is 5.82 Å². The van der Waals surface area contributed by atoms with Crippen LogP contribution in [0.15, 0.2) is 65.1 Å². The van der Waals surface area contributed by atoms with Crippen LogP contribution in [0.3, 0.4) is 0 Å². The van der Waals surface area contributed by atoms with Gasteiger partial charge in [0.2, 0.25) is 0 Å². The Labute approximate surface area is 169 Å². The smallest absolute Gasteiger partial charge is 0.287 e. The van der Waals surface area contributed by atoms with Crippen molar-refractivity contribution >= 4 is 5.91 Å². The highest BCUT2D eigenvalue weighted by molar-refractivity contribution is 5.91. The number of rotatable bonds is 9. The van der Waals surface area contributed by atoms with E-state index in [9.17, 15) is 9.18 Å². The molecule has 29 heavy (non-hydrogen) atoms. The molecule has 0 fully saturated rings. The summed E-state index contributed by atoms with van der Waals surface area (Å²) in [7, 11) is 0. The molecule has 0 saturated carbocycles. The van der Waals surface area contributed by atoms with Crippen molar-refractivity contribution in [3.8, 4) is 5.75 Å². The first-order valence-electron chi connectivity index (χ1n) is 9.44. The number of halogens is 1. The molecule has 1 N–H and O–H groups in total. The summed E-state index contributed by atoms with van der Waals surface area (Å²) in [4.78, 5) is 12.3. The molecule has 0 saturated heterocycles. The lowest BCUT2D eigenvalue weighted by Crippen LogP contribution is -2.22. The van der Waals surface area contributed by atoms with Crippen LogP contribution in [0.2, 0.25) is 0 Å². The van der Waals surface area contributed by atoms with Crippen LogP contribution in [0.1, 0.15) is 41.3 Å². The van der Waals surface area contributed by atoms with Gasteiger partial charge in [-0.25, -0.2) is 4.39 Å². The number of ether oxygens (including phenoxy) is 2. The van der Waals surface area contributed by atoms with E-state index in [0.717, 1.165) is 11.1 Å². The summed E-state index contributed by atoms with van der Waals surface area (Å²) < 4.78 is 29.6. The van der Waals surface area contributed by atoms with Crippen LogP contribution in [-0.4, -0.2) is 12.0 Å². The topological polar surface area (TPSA) is 60.7 Å². The van der Waals surface area contributed by atoms with Gasteiger partial charge in [0.15, 0.2) is 5.76 Å². The van der Waals surface area contributed by atoms with Gasteiger partial charge < -0.3 is 19.2 Å². The second-order valence-electron chi connectivity index (χ2n) is 6.87. The lowest BCUT2D eigenvalue weighted by molar-refractivity contribution is 0.0657. The van der Waals surface area contributed by atoms with Gasteiger partial charge in [-0.05, 0) is 61.4 Å². The van der Waals surface area contributed by atoms with Crippen LogP contribution in [0.4, 0.5) is 4.39 Å². The van der Waals surface area contributed by atoms with Crippen molar-refractivity contribution in [3.05, 3.63) is 89.1 Å². The average molecular weight is 397 g/mol. The second kappa shape index (κ2) is 9.89. The largest absolute Gasteiger partial charge is 0.486 e. The third-order valence-electron chi connectivity index (χ3n) is 4.11.